The van der Waals surface area contributed by atoms with Crippen molar-refractivity contribution in [3.05, 3.63) is 34.6 Å². The number of ether oxygens (including phenoxy) is 1. The highest BCUT2D eigenvalue weighted by atomic mass is 35.5. The third kappa shape index (κ3) is 3.20. The molecule has 18 heavy (non-hydrogen) atoms. The van der Waals surface area contributed by atoms with Crippen LogP contribution >= 0.6 is 11.6 Å². The van der Waals surface area contributed by atoms with Crippen LogP contribution in [-0.2, 0) is 11.2 Å². The quantitative estimate of drug-likeness (QED) is 0.653. The average molecular weight is 273 g/mol. The molecule has 2 atom stereocenters. The summed E-state index contributed by atoms with van der Waals surface area (Å²) in [5.41, 5.74) is 3.37. The predicted molar refractivity (Wildman–Crippen MR) is 69.8 cm³/mol. The van der Waals surface area contributed by atoms with Gasteiger partial charge in [-0.25, -0.2) is 4.39 Å². The molecular weight excluding hydrogens is 255 g/mol. The molecule has 1 heterocycles. The van der Waals surface area contributed by atoms with Gasteiger partial charge in [-0.2, -0.15) is 0 Å². The Labute approximate surface area is 111 Å². The van der Waals surface area contributed by atoms with Crippen molar-refractivity contribution in [3.8, 4) is 0 Å². The molecule has 1 aliphatic rings. The summed E-state index contributed by atoms with van der Waals surface area (Å²) in [5, 5.41) is 0.156. The maximum Gasteiger partial charge on any atom is 0.145 e. The standard InChI is InChI=1S/C13H18ClFN2O/c14-11-5-1-3-9(13(11)15)7-12(17-16)10-4-2-6-18-8-10/h1,3,5,10,12,17H,2,4,6-8,16H2. The number of nitrogens with two attached hydrogens (primary N) is 1. The molecule has 0 spiro atoms. The minimum Gasteiger partial charge on any atom is -0.381 e. The van der Waals surface area contributed by atoms with Gasteiger partial charge in [0, 0.05) is 12.6 Å². The lowest BCUT2D eigenvalue weighted by Crippen LogP contribution is -2.45. The zero-order chi connectivity index (χ0) is 13.0. The molecule has 100 valence electrons. The van der Waals surface area contributed by atoms with E-state index in [1.54, 1.807) is 18.2 Å². The van der Waals surface area contributed by atoms with Crippen LogP contribution in [0.25, 0.3) is 0 Å². The van der Waals surface area contributed by atoms with Crippen LogP contribution in [0.3, 0.4) is 0 Å². The van der Waals surface area contributed by atoms with E-state index in [0.717, 1.165) is 19.4 Å². The van der Waals surface area contributed by atoms with Crippen LogP contribution in [0.15, 0.2) is 18.2 Å². The van der Waals surface area contributed by atoms with E-state index in [1.807, 2.05) is 0 Å². The first-order valence-corrected chi connectivity index (χ1v) is 6.57. The van der Waals surface area contributed by atoms with Gasteiger partial charge < -0.3 is 4.74 Å². The van der Waals surface area contributed by atoms with E-state index in [9.17, 15) is 4.39 Å². The highest BCUT2D eigenvalue weighted by Gasteiger charge is 2.24. The second-order valence-corrected chi connectivity index (χ2v) is 5.07. The lowest BCUT2D eigenvalue weighted by Gasteiger charge is -2.29. The van der Waals surface area contributed by atoms with Gasteiger partial charge >= 0.3 is 0 Å². The van der Waals surface area contributed by atoms with Crippen LogP contribution in [0.4, 0.5) is 4.39 Å². The van der Waals surface area contributed by atoms with Gasteiger partial charge in [-0.15, -0.1) is 0 Å². The zero-order valence-corrected chi connectivity index (χ0v) is 10.9. The molecule has 0 aromatic heterocycles. The largest absolute Gasteiger partial charge is 0.381 e. The summed E-state index contributed by atoms with van der Waals surface area (Å²) < 4.78 is 19.3. The van der Waals surface area contributed by atoms with Gasteiger partial charge in [-0.1, -0.05) is 23.7 Å². The SMILES string of the molecule is NNC(Cc1cccc(Cl)c1F)C1CCCOC1. The van der Waals surface area contributed by atoms with Crippen molar-refractivity contribution in [1.82, 2.24) is 5.43 Å². The first kappa shape index (κ1) is 13.7. The number of halogens is 2. The normalized spacial score (nSPS) is 21.8. The number of hydrogen-bond acceptors (Lipinski definition) is 3. The molecule has 0 amide bonds. The summed E-state index contributed by atoms with van der Waals surface area (Å²) >= 11 is 5.77. The smallest absolute Gasteiger partial charge is 0.145 e. The summed E-state index contributed by atoms with van der Waals surface area (Å²) in [6.07, 6.45) is 2.61. The second-order valence-electron chi connectivity index (χ2n) is 4.67. The van der Waals surface area contributed by atoms with Gasteiger partial charge in [-0.3, -0.25) is 11.3 Å². The highest BCUT2D eigenvalue weighted by Crippen LogP contribution is 2.23. The molecule has 3 nitrogen and oxygen atoms in total. The summed E-state index contributed by atoms with van der Waals surface area (Å²) in [6, 6.07) is 5.06. The fourth-order valence-corrected chi connectivity index (χ4v) is 2.58. The van der Waals surface area contributed by atoms with Crippen molar-refractivity contribution in [2.24, 2.45) is 11.8 Å². The average Bonchev–Trinajstić information content (AvgIpc) is 2.41. The van der Waals surface area contributed by atoms with Crippen molar-refractivity contribution in [1.29, 1.82) is 0 Å². The van der Waals surface area contributed by atoms with E-state index >= 15 is 0 Å². The van der Waals surface area contributed by atoms with E-state index in [1.165, 1.54) is 0 Å². The van der Waals surface area contributed by atoms with Gasteiger partial charge in [0.25, 0.3) is 0 Å². The lowest BCUT2D eigenvalue weighted by atomic mass is 9.89. The lowest BCUT2D eigenvalue weighted by molar-refractivity contribution is 0.0392. The van der Waals surface area contributed by atoms with E-state index < -0.39 is 0 Å². The molecule has 0 saturated carbocycles. The van der Waals surface area contributed by atoms with E-state index in [0.29, 0.717) is 24.5 Å². The summed E-state index contributed by atoms with van der Waals surface area (Å²) in [5.74, 6) is 5.55. The predicted octanol–water partition coefficient (Wildman–Crippen LogP) is 2.28. The highest BCUT2D eigenvalue weighted by molar-refractivity contribution is 6.30. The van der Waals surface area contributed by atoms with Gasteiger partial charge in [0.15, 0.2) is 0 Å². The Morgan fingerprint density at radius 2 is 2.39 bits per heavy atom. The van der Waals surface area contributed by atoms with Crippen LogP contribution in [-0.4, -0.2) is 19.3 Å². The summed E-state index contributed by atoms with van der Waals surface area (Å²) in [4.78, 5) is 0. The topological polar surface area (TPSA) is 47.3 Å². The van der Waals surface area contributed by atoms with Gasteiger partial charge in [0.05, 0.1) is 11.6 Å². The Kier molecular flexibility index (Phi) is 4.95. The summed E-state index contributed by atoms with van der Waals surface area (Å²) in [6.45, 7) is 1.48. The Hall–Kier alpha value is -0.680. The minimum atomic E-state index is -0.351. The van der Waals surface area contributed by atoms with Crippen molar-refractivity contribution in [2.75, 3.05) is 13.2 Å². The Morgan fingerprint density at radius 3 is 3.06 bits per heavy atom. The Morgan fingerprint density at radius 1 is 1.56 bits per heavy atom. The second kappa shape index (κ2) is 6.48. The number of rotatable bonds is 4. The van der Waals surface area contributed by atoms with E-state index in [2.05, 4.69) is 5.43 Å². The number of nitrogens with one attached hydrogen (secondary N) is 1. The van der Waals surface area contributed by atoms with Crippen LogP contribution in [0.5, 0.6) is 0 Å². The molecule has 1 aliphatic heterocycles. The van der Waals surface area contributed by atoms with Gasteiger partial charge in [0.1, 0.15) is 5.82 Å². The van der Waals surface area contributed by atoms with Crippen molar-refractivity contribution < 1.29 is 9.13 Å². The first-order chi connectivity index (χ1) is 8.72. The van der Waals surface area contributed by atoms with Crippen LogP contribution in [0.1, 0.15) is 18.4 Å². The van der Waals surface area contributed by atoms with Crippen LogP contribution < -0.4 is 11.3 Å². The van der Waals surface area contributed by atoms with Crippen molar-refractivity contribution in [2.45, 2.75) is 25.3 Å². The maximum atomic E-state index is 13.8. The number of hydrazine groups is 1. The Balaban J connectivity index is 2.07. The fraction of sp³-hybridized carbons (Fsp3) is 0.538. The molecule has 3 N–H and O–H groups in total. The maximum absolute atomic E-state index is 13.8. The fourth-order valence-electron chi connectivity index (χ4n) is 2.39. The third-order valence-electron chi connectivity index (χ3n) is 3.45. The molecule has 2 unspecified atom stereocenters. The third-order valence-corrected chi connectivity index (χ3v) is 3.74. The van der Waals surface area contributed by atoms with Crippen molar-refractivity contribution >= 4 is 11.6 Å². The van der Waals surface area contributed by atoms with Gasteiger partial charge in [0.2, 0.25) is 0 Å². The van der Waals surface area contributed by atoms with E-state index in [4.69, 9.17) is 22.2 Å². The molecular formula is C13H18ClFN2O. The minimum absolute atomic E-state index is 0.0123. The Bertz CT molecular complexity index is 397. The molecule has 0 bridgehead atoms. The number of hydrogen-bond donors (Lipinski definition) is 2. The van der Waals surface area contributed by atoms with Crippen molar-refractivity contribution in [3.63, 3.8) is 0 Å². The first-order valence-electron chi connectivity index (χ1n) is 6.19. The molecule has 1 aromatic carbocycles. The number of benzene rings is 1. The molecule has 1 fully saturated rings. The van der Waals surface area contributed by atoms with Gasteiger partial charge in [-0.05, 0) is 36.8 Å². The molecule has 1 aromatic rings. The molecule has 2 rings (SSSR count). The van der Waals surface area contributed by atoms with E-state index in [-0.39, 0.29) is 16.9 Å². The molecule has 0 aliphatic carbocycles. The van der Waals surface area contributed by atoms with Crippen LogP contribution in [0.2, 0.25) is 5.02 Å². The monoisotopic (exact) mass is 272 g/mol. The molecule has 5 heteroatoms. The summed E-state index contributed by atoms with van der Waals surface area (Å²) in [7, 11) is 0. The van der Waals surface area contributed by atoms with Crippen LogP contribution in [0, 0.1) is 11.7 Å². The zero-order valence-electron chi connectivity index (χ0n) is 10.2. The molecule has 0 radical (unpaired) electrons. The molecule has 1 saturated heterocycles.